The Balaban J connectivity index is 2.22. The van der Waals surface area contributed by atoms with Crippen LogP contribution in [0.1, 0.15) is 11.1 Å². The fourth-order valence-corrected chi connectivity index (χ4v) is 2.26. The minimum atomic E-state index is 0.0458. The third kappa shape index (κ3) is 2.62. The summed E-state index contributed by atoms with van der Waals surface area (Å²) in [5, 5.41) is 9.99. The minimum Gasteiger partial charge on any atom is -0.392 e. The maximum Gasteiger partial charge on any atom is 0.104 e. The number of aliphatic hydroxyl groups excluding tert-OH is 1. The Bertz CT molecular complexity index is 471. The third-order valence-electron chi connectivity index (χ3n) is 2.23. The Morgan fingerprint density at radius 2 is 2.00 bits per heavy atom. The number of aromatic nitrogens is 1. The summed E-state index contributed by atoms with van der Waals surface area (Å²) in [5.41, 5.74) is 1.95. The Morgan fingerprint density at radius 1 is 1.25 bits per heavy atom. The van der Waals surface area contributed by atoms with Crippen LogP contribution in [0.15, 0.2) is 52.5 Å². The van der Waals surface area contributed by atoms with E-state index in [0.717, 1.165) is 16.2 Å². The third-order valence-corrected chi connectivity index (χ3v) is 3.36. The van der Waals surface area contributed by atoms with E-state index in [9.17, 15) is 0 Å². The molecule has 0 unspecified atom stereocenters. The van der Waals surface area contributed by atoms with Gasteiger partial charge in [-0.25, -0.2) is 4.98 Å². The molecule has 0 saturated carbocycles. The van der Waals surface area contributed by atoms with Crippen LogP contribution in [0.3, 0.4) is 0 Å². The Kier molecular flexibility index (Phi) is 3.59. The fraction of sp³-hybridized carbons (Fsp3) is 0.154. The van der Waals surface area contributed by atoms with E-state index in [1.165, 1.54) is 4.90 Å². The van der Waals surface area contributed by atoms with E-state index < -0.39 is 0 Å². The SMILES string of the molecule is Cc1cc(CO)cnc1Sc1ccccc1. The first kappa shape index (κ1) is 11.2. The van der Waals surface area contributed by atoms with Gasteiger partial charge >= 0.3 is 0 Å². The number of hydrogen-bond donors (Lipinski definition) is 1. The first-order valence-corrected chi connectivity index (χ1v) is 5.90. The van der Waals surface area contributed by atoms with Crippen molar-refractivity contribution < 1.29 is 5.11 Å². The van der Waals surface area contributed by atoms with Crippen molar-refractivity contribution in [1.82, 2.24) is 4.98 Å². The quantitative estimate of drug-likeness (QED) is 0.881. The molecule has 0 spiro atoms. The Labute approximate surface area is 99.4 Å². The molecule has 2 nitrogen and oxygen atoms in total. The molecular weight excluding hydrogens is 218 g/mol. The smallest absolute Gasteiger partial charge is 0.104 e. The van der Waals surface area contributed by atoms with Crippen LogP contribution in [0.5, 0.6) is 0 Å². The molecule has 0 amide bonds. The van der Waals surface area contributed by atoms with E-state index in [1.807, 2.05) is 31.2 Å². The Hall–Kier alpha value is -1.32. The molecule has 2 rings (SSSR count). The van der Waals surface area contributed by atoms with Crippen LogP contribution in [0, 0.1) is 6.92 Å². The van der Waals surface area contributed by atoms with Gasteiger partial charge in [0.05, 0.1) is 6.61 Å². The van der Waals surface area contributed by atoms with Crippen LogP contribution in [0.2, 0.25) is 0 Å². The van der Waals surface area contributed by atoms with Crippen LogP contribution in [0.4, 0.5) is 0 Å². The normalized spacial score (nSPS) is 10.4. The molecule has 1 heterocycles. The van der Waals surface area contributed by atoms with Gasteiger partial charge in [0.2, 0.25) is 0 Å². The lowest BCUT2D eigenvalue weighted by atomic mass is 10.2. The average molecular weight is 231 g/mol. The van der Waals surface area contributed by atoms with E-state index in [1.54, 1.807) is 18.0 Å². The summed E-state index contributed by atoms with van der Waals surface area (Å²) in [6.07, 6.45) is 1.72. The zero-order chi connectivity index (χ0) is 11.4. The van der Waals surface area contributed by atoms with Crippen molar-refractivity contribution in [3.63, 3.8) is 0 Å². The van der Waals surface area contributed by atoms with Gasteiger partial charge in [-0.3, -0.25) is 0 Å². The van der Waals surface area contributed by atoms with E-state index in [-0.39, 0.29) is 6.61 Å². The van der Waals surface area contributed by atoms with Crippen molar-refractivity contribution in [2.24, 2.45) is 0 Å². The van der Waals surface area contributed by atoms with Gasteiger partial charge in [-0.05, 0) is 36.2 Å². The molecular formula is C13H13NOS. The van der Waals surface area contributed by atoms with E-state index in [2.05, 4.69) is 17.1 Å². The van der Waals surface area contributed by atoms with Gasteiger partial charge in [0.25, 0.3) is 0 Å². The molecule has 0 fully saturated rings. The summed E-state index contributed by atoms with van der Waals surface area (Å²) >= 11 is 1.64. The molecule has 0 aliphatic carbocycles. The van der Waals surface area contributed by atoms with Gasteiger partial charge in [-0.2, -0.15) is 0 Å². The maximum absolute atomic E-state index is 9.00. The summed E-state index contributed by atoms with van der Waals surface area (Å²) in [4.78, 5) is 5.52. The highest BCUT2D eigenvalue weighted by molar-refractivity contribution is 7.99. The van der Waals surface area contributed by atoms with Gasteiger partial charge in [0, 0.05) is 11.1 Å². The van der Waals surface area contributed by atoms with Crippen LogP contribution in [-0.4, -0.2) is 10.1 Å². The molecule has 0 atom stereocenters. The molecule has 0 radical (unpaired) electrons. The maximum atomic E-state index is 9.00. The number of nitrogens with zero attached hydrogens (tertiary/aromatic N) is 1. The van der Waals surface area contributed by atoms with Gasteiger partial charge in [0.15, 0.2) is 0 Å². The van der Waals surface area contributed by atoms with Crippen molar-refractivity contribution >= 4 is 11.8 Å². The Morgan fingerprint density at radius 3 is 2.62 bits per heavy atom. The van der Waals surface area contributed by atoms with Gasteiger partial charge in [-0.15, -0.1) is 0 Å². The number of benzene rings is 1. The van der Waals surface area contributed by atoms with E-state index in [0.29, 0.717) is 0 Å². The molecule has 16 heavy (non-hydrogen) atoms. The minimum absolute atomic E-state index is 0.0458. The first-order chi connectivity index (χ1) is 7.79. The predicted molar refractivity (Wildman–Crippen MR) is 65.5 cm³/mol. The highest BCUT2D eigenvalue weighted by Crippen LogP contribution is 2.28. The topological polar surface area (TPSA) is 33.1 Å². The molecule has 2 aromatic rings. The van der Waals surface area contributed by atoms with E-state index in [4.69, 9.17) is 5.11 Å². The largest absolute Gasteiger partial charge is 0.392 e. The fourth-order valence-electron chi connectivity index (χ4n) is 1.41. The van der Waals surface area contributed by atoms with Crippen LogP contribution >= 0.6 is 11.8 Å². The van der Waals surface area contributed by atoms with Crippen molar-refractivity contribution in [3.05, 3.63) is 53.7 Å². The first-order valence-electron chi connectivity index (χ1n) is 5.09. The lowest BCUT2D eigenvalue weighted by molar-refractivity contribution is 0.281. The molecule has 1 aromatic carbocycles. The van der Waals surface area contributed by atoms with Crippen molar-refractivity contribution in [1.29, 1.82) is 0 Å². The highest BCUT2D eigenvalue weighted by Gasteiger charge is 2.03. The summed E-state index contributed by atoms with van der Waals surface area (Å²) in [6, 6.07) is 12.1. The second kappa shape index (κ2) is 5.14. The number of hydrogen-bond acceptors (Lipinski definition) is 3. The lowest BCUT2D eigenvalue weighted by Crippen LogP contribution is -1.90. The standard InChI is InChI=1S/C13H13NOS/c1-10-7-11(9-15)8-14-13(10)16-12-5-3-2-4-6-12/h2-8,15H,9H2,1H3. The highest BCUT2D eigenvalue weighted by atomic mass is 32.2. The molecule has 0 aliphatic rings. The summed E-state index contributed by atoms with van der Waals surface area (Å²) in [6.45, 7) is 2.06. The van der Waals surface area contributed by atoms with Gasteiger partial charge in [-0.1, -0.05) is 30.0 Å². The zero-order valence-corrected chi connectivity index (χ0v) is 9.87. The van der Waals surface area contributed by atoms with Crippen molar-refractivity contribution in [2.75, 3.05) is 0 Å². The second-order valence-electron chi connectivity index (χ2n) is 3.54. The molecule has 0 aliphatic heterocycles. The average Bonchev–Trinajstić information content (AvgIpc) is 2.33. The summed E-state index contributed by atoms with van der Waals surface area (Å²) in [7, 11) is 0. The van der Waals surface area contributed by atoms with Crippen LogP contribution in [0.25, 0.3) is 0 Å². The number of aryl methyl sites for hydroxylation is 1. The van der Waals surface area contributed by atoms with Crippen LogP contribution in [-0.2, 0) is 6.61 Å². The second-order valence-corrected chi connectivity index (χ2v) is 4.60. The molecule has 3 heteroatoms. The monoisotopic (exact) mass is 231 g/mol. The number of pyridine rings is 1. The predicted octanol–water partition coefficient (Wildman–Crippen LogP) is 3.03. The summed E-state index contributed by atoms with van der Waals surface area (Å²) in [5.74, 6) is 0. The molecule has 1 N–H and O–H groups in total. The van der Waals surface area contributed by atoms with Gasteiger partial charge in [0.1, 0.15) is 5.03 Å². The number of aliphatic hydroxyl groups is 1. The molecule has 0 saturated heterocycles. The van der Waals surface area contributed by atoms with Crippen molar-refractivity contribution in [3.8, 4) is 0 Å². The van der Waals surface area contributed by atoms with E-state index >= 15 is 0 Å². The molecule has 82 valence electrons. The van der Waals surface area contributed by atoms with Gasteiger partial charge < -0.3 is 5.11 Å². The molecule has 1 aromatic heterocycles. The zero-order valence-electron chi connectivity index (χ0n) is 9.05. The lowest BCUT2D eigenvalue weighted by Gasteiger charge is -2.05. The molecule has 0 bridgehead atoms. The number of rotatable bonds is 3. The summed E-state index contributed by atoms with van der Waals surface area (Å²) < 4.78 is 0. The van der Waals surface area contributed by atoms with Crippen molar-refractivity contribution in [2.45, 2.75) is 23.5 Å². The van der Waals surface area contributed by atoms with Crippen LogP contribution < -0.4 is 0 Å².